The second kappa shape index (κ2) is 7.06. The Morgan fingerprint density at radius 1 is 1.40 bits per heavy atom. The molecule has 0 saturated carbocycles. The van der Waals surface area contributed by atoms with Gasteiger partial charge in [-0.25, -0.2) is 4.52 Å². The highest BCUT2D eigenvalue weighted by atomic mass is 35.5. The molecular formula is C18H23ClN4O2. The SMILES string of the molecule is CCOc1cccc2nn3c([C@@H]4CCN[C@@H](C)C4)cc(=O)[nH]c3c12.Cl. The van der Waals surface area contributed by atoms with Gasteiger partial charge in [0, 0.05) is 18.0 Å². The molecule has 1 saturated heterocycles. The van der Waals surface area contributed by atoms with E-state index in [1.807, 2.05) is 29.6 Å². The van der Waals surface area contributed by atoms with Crippen LogP contribution in [0.5, 0.6) is 5.75 Å². The number of benzene rings is 1. The average Bonchev–Trinajstić information content (AvgIpc) is 2.94. The molecular weight excluding hydrogens is 340 g/mol. The Balaban J connectivity index is 0.00000182. The number of fused-ring (bicyclic) bond motifs is 3. The molecule has 3 aromatic rings. The summed E-state index contributed by atoms with van der Waals surface area (Å²) in [5.41, 5.74) is 2.46. The fourth-order valence-electron chi connectivity index (χ4n) is 3.72. The molecule has 6 nitrogen and oxygen atoms in total. The standard InChI is InChI=1S/C18H22N4O2.ClH/c1-3-24-15-6-4-5-13-17(15)18-20-16(23)10-14(22(18)21-13)12-7-8-19-11(2)9-12;/h4-6,10-12,19H,3,7-9H2,1-2H3,(H,20,23);1H/t11-,12+;/m0./s1. The van der Waals surface area contributed by atoms with Crippen LogP contribution in [0.3, 0.4) is 0 Å². The first-order valence-corrected chi connectivity index (χ1v) is 8.58. The van der Waals surface area contributed by atoms with Gasteiger partial charge >= 0.3 is 0 Å². The lowest BCUT2D eigenvalue weighted by Gasteiger charge is -2.28. The van der Waals surface area contributed by atoms with Gasteiger partial charge in [-0.2, -0.15) is 5.10 Å². The maximum absolute atomic E-state index is 12.3. The molecule has 0 spiro atoms. The van der Waals surface area contributed by atoms with Crippen LogP contribution < -0.4 is 15.6 Å². The number of hydrogen-bond acceptors (Lipinski definition) is 4. The summed E-state index contributed by atoms with van der Waals surface area (Å²) in [5, 5.41) is 9.08. The van der Waals surface area contributed by atoms with Crippen LogP contribution >= 0.6 is 12.4 Å². The van der Waals surface area contributed by atoms with E-state index in [0.29, 0.717) is 18.6 Å². The van der Waals surface area contributed by atoms with Crippen molar-refractivity contribution in [1.82, 2.24) is 19.9 Å². The number of H-pyrrole nitrogens is 1. The molecule has 0 bridgehead atoms. The zero-order valence-corrected chi connectivity index (χ0v) is 15.2. The summed E-state index contributed by atoms with van der Waals surface area (Å²) < 4.78 is 7.64. The molecule has 1 fully saturated rings. The number of halogens is 1. The summed E-state index contributed by atoms with van der Waals surface area (Å²) in [7, 11) is 0. The van der Waals surface area contributed by atoms with Crippen molar-refractivity contribution in [3.63, 3.8) is 0 Å². The van der Waals surface area contributed by atoms with Crippen LogP contribution in [0, 0.1) is 0 Å². The summed E-state index contributed by atoms with van der Waals surface area (Å²) >= 11 is 0. The van der Waals surface area contributed by atoms with Gasteiger partial charge in [0.25, 0.3) is 5.56 Å². The number of rotatable bonds is 3. The predicted molar refractivity (Wildman–Crippen MR) is 101 cm³/mol. The summed E-state index contributed by atoms with van der Waals surface area (Å²) in [5.74, 6) is 1.09. The quantitative estimate of drug-likeness (QED) is 0.751. The second-order valence-corrected chi connectivity index (χ2v) is 6.48. The lowest BCUT2D eigenvalue weighted by Crippen LogP contribution is -2.35. The molecule has 1 aliphatic heterocycles. The number of ether oxygens (including phenoxy) is 1. The summed E-state index contributed by atoms with van der Waals surface area (Å²) in [6.45, 7) is 5.68. The minimum Gasteiger partial charge on any atom is -0.493 e. The Morgan fingerprint density at radius 2 is 2.24 bits per heavy atom. The van der Waals surface area contributed by atoms with Gasteiger partial charge in [0.2, 0.25) is 0 Å². The van der Waals surface area contributed by atoms with Crippen molar-refractivity contribution in [2.75, 3.05) is 13.2 Å². The number of nitrogens with zero attached hydrogens (tertiary/aromatic N) is 2. The Bertz CT molecular complexity index is 949. The monoisotopic (exact) mass is 362 g/mol. The molecule has 1 aromatic carbocycles. The molecule has 1 aliphatic rings. The lowest BCUT2D eigenvalue weighted by molar-refractivity contribution is 0.344. The van der Waals surface area contributed by atoms with E-state index in [1.165, 1.54) is 0 Å². The van der Waals surface area contributed by atoms with Crippen molar-refractivity contribution in [2.45, 2.75) is 38.6 Å². The van der Waals surface area contributed by atoms with Crippen molar-refractivity contribution in [3.05, 3.63) is 40.3 Å². The largest absolute Gasteiger partial charge is 0.493 e. The van der Waals surface area contributed by atoms with Gasteiger partial charge in [-0.05, 0) is 45.4 Å². The fraction of sp³-hybridized carbons (Fsp3) is 0.444. The smallest absolute Gasteiger partial charge is 0.251 e. The molecule has 0 radical (unpaired) electrons. The van der Waals surface area contributed by atoms with E-state index < -0.39 is 0 Å². The Hall–Kier alpha value is -2.05. The average molecular weight is 363 g/mol. The third-order valence-electron chi connectivity index (χ3n) is 4.77. The molecule has 2 aromatic heterocycles. The maximum atomic E-state index is 12.3. The highest BCUT2D eigenvalue weighted by Crippen LogP contribution is 2.32. The molecule has 0 unspecified atom stereocenters. The van der Waals surface area contributed by atoms with E-state index in [0.717, 1.165) is 47.4 Å². The van der Waals surface area contributed by atoms with Crippen LogP contribution in [0.1, 0.15) is 38.3 Å². The van der Waals surface area contributed by atoms with Crippen molar-refractivity contribution in [2.24, 2.45) is 0 Å². The number of aromatic amines is 1. The Morgan fingerprint density at radius 3 is 3.00 bits per heavy atom. The summed E-state index contributed by atoms with van der Waals surface area (Å²) in [6.07, 6.45) is 2.02. The van der Waals surface area contributed by atoms with E-state index in [4.69, 9.17) is 9.84 Å². The molecule has 0 amide bonds. The van der Waals surface area contributed by atoms with Crippen LogP contribution in [0.2, 0.25) is 0 Å². The van der Waals surface area contributed by atoms with Crippen molar-refractivity contribution >= 4 is 29.0 Å². The second-order valence-electron chi connectivity index (χ2n) is 6.48. The van der Waals surface area contributed by atoms with Gasteiger partial charge in [0.05, 0.1) is 23.2 Å². The molecule has 2 N–H and O–H groups in total. The first-order chi connectivity index (χ1) is 11.7. The zero-order chi connectivity index (χ0) is 16.7. The first-order valence-electron chi connectivity index (χ1n) is 8.58. The third kappa shape index (κ3) is 3.12. The Labute approximate surface area is 152 Å². The highest BCUT2D eigenvalue weighted by Gasteiger charge is 2.24. The minimum absolute atomic E-state index is 0. The summed E-state index contributed by atoms with van der Waals surface area (Å²) in [6, 6.07) is 7.96. The number of nitrogens with one attached hydrogen (secondary N) is 2. The zero-order valence-electron chi connectivity index (χ0n) is 14.4. The molecule has 7 heteroatoms. The third-order valence-corrected chi connectivity index (χ3v) is 4.77. The molecule has 25 heavy (non-hydrogen) atoms. The van der Waals surface area contributed by atoms with Crippen molar-refractivity contribution < 1.29 is 4.74 Å². The van der Waals surface area contributed by atoms with Crippen LogP contribution in [0.15, 0.2) is 29.1 Å². The minimum atomic E-state index is -0.0863. The fourth-order valence-corrected chi connectivity index (χ4v) is 3.72. The number of hydrogen-bond donors (Lipinski definition) is 2. The van der Waals surface area contributed by atoms with E-state index in [2.05, 4.69) is 17.2 Å². The van der Waals surface area contributed by atoms with Gasteiger partial charge < -0.3 is 15.0 Å². The van der Waals surface area contributed by atoms with Crippen LogP contribution in [0.4, 0.5) is 0 Å². The van der Waals surface area contributed by atoms with E-state index in [9.17, 15) is 4.79 Å². The molecule has 3 heterocycles. The topological polar surface area (TPSA) is 71.4 Å². The van der Waals surface area contributed by atoms with Gasteiger partial charge in [-0.1, -0.05) is 6.07 Å². The van der Waals surface area contributed by atoms with Crippen LogP contribution in [-0.2, 0) is 0 Å². The van der Waals surface area contributed by atoms with E-state index in [1.54, 1.807) is 6.07 Å². The number of piperidine rings is 1. The molecule has 2 atom stereocenters. The highest BCUT2D eigenvalue weighted by molar-refractivity contribution is 5.97. The normalized spacial score (nSPS) is 20.6. The molecule has 4 rings (SSSR count). The van der Waals surface area contributed by atoms with Gasteiger partial charge in [-0.15, -0.1) is 12.4 Å². The predicted octanol–water partition coefficient (Wildman–Crippen LogP) is 2.85. The lowest BCUT2D eigenvalue weighted by atomic mass is 9.90. The summed E-state index contributed by atoms with van der Waals surface area (Å²) in [4.78, 5) is 15.2. The Kier molecular flexibility index (Phi) is 5.01. The maximum Gasteiger partial charge on any atom is 0.251 e. The van der Waals surface area contributed by atoms with Crippen LogP contribution in [-0.4, -0.2) is 33.8 Å². The first kappa shape index (κ1) is 17.8. The van der Waals surface area contributed by atoms with Gasteiger partial charge in [-0.3, -0.25) is 4.79 Å². The van der Waals surface area contributed by atoms with Crippen molar-refractivity contribution in [3.8, 4) is 5.75 Å². The van der Waals surface area contributed by atoms with Gasteiger partial charge in [0.15, 0.2) is 0 Å². The van der Waals surface area contributed by atoms with Crippen molar-refractivity contribution in [1.29, 1.82) is 0 Å². The molecule has 0 aliphatic carbocycles. The number of aromatic nitrogens is 3. The van der Waals surface area contributed by atoms with E-state index >= 15 is 0 Å². The van der Waals surface area contributed by atoms with Crippen LogP contribution in [0.25, 0.3) is 16.6 Å². The van der Waals surface area contributed by atoms with Gasteiger partial charge in [0.1, 0.15) is 11.4 Å². The van der Waals surface area contributed by atoms with E-state index in [-0.39, 0.29) is 18.0 Å². The molecule has 134 valence electrons.